The van der Waals surface area contributed by atoms with Crippen LogP contribution in [0.3, 0.4) is 0 Å². The Morgan fingerprint density at radius 2 is 2.18 bits per heavy atom. The van der Waals surface area contributed by atoms with Crippen LogP contribution in [-0.4, -0.2) is 29.2 Å². The van der Waals surface area contributed by atoms with Crippen LogP contribution in [-0.2, 0) is 4.74 Å². The number of ether oxygens (including phenoxy) is 1. The summed E-state index contributed by atoms with van der Waals surface area (Å²) in [6, 6.07) is 0. The maximum Gasteiger partial charge on any atom is 0.221 e. The Labute approximate surface area is 103 Å². The van der Waals surface area contributed by atoms with E-state index >= 15 is 0 Å². The van der Waals surface area contributed by atoms with E-state index in [1.165, 1.54) is 0 Å². The van der Waals surface area contributed by atoms with Crippen molar-refractivity contribution >= 4 is 11.8 Å². The summed E-state index contributed by atoms with van der Waals surface area (Å²) in [6.07, 6.45) is 4.14. The van der Waals surface area contributed by atoms with Crippen molar-refractivity contribution in [1.82, 2.24) is 9.97 Å². The van der Waals surface area contributed by atoms with E-state index in [1.807, 2.05) is 20.8 Å². The first-order chi connectivity index (χ1) is 8.09. The molecule has 17 heavy (non-hydrogen) atoms. The van der Waals surface area contributed by atoms with Crippen LogP contribution in [0, 0.1) is 6.92 Å². The standard InChI is InChI=1S/C12H22N4O/c1-9(2)17-7-5-4-6-14-11-10(3)8-15-12(13)16-11/h8-9H,4-7H2,1-3H3,(H3,13,14,15,16). The van der Waals surface area contributed by atoms with E-state index in [0.29, 0.717) is 12.1 Å². The third-order valence-corrected chi connectivity index (χ3v) is 2.31. The summed E-state index contributed by atoms with van der Waals surface area (Å²) in [5.74, 6) is 1.13. The lowest BCUT2D eigenvalue weighted by atomic mass is 10.3. The molecule has 3 N–H and O–H groups in total. The number of hydrogen-bond acceptors (Lipinski definition) is 5. The van der Waals surface area contributed by atoms with E-state index in [2.05, 4.69) is 15.3 Å². The Morgan fingerprint density at radius 3 is 2.88 bits per heavy atom. The van der Waals surface area contributed by atoms with Crippen molar-refractivity contribution in [3.63, 3.8) is 0 Å². The molecule has 0 spiro atoms. The summed E-state index contributed by atoms with van der Waals surface area (Å²) in [5, 5.41) is 3.26. The van der Waals surface area contributed by atoms with Crippen LogP contribution in [0.1, 0.15) is 32.3 Å². The molecule has 1 aromatic heterocycles. The van der Waals surface area contributed by atoms with Gasteiger partial charge in [0.15, 0.2) is 0 Å². The predicted molar refractivity (Wildman–Crippen MR) is 70.0 cm³/mol. The summed E-state index contributed by atoms with van der Waals surface area (Å²) >= 11 is 0. The molecule has 96 valence electrons. The predicted octanol–water partition coefficient (Wildman–Crippen LogP) is 1.98. The third-order valence-electron chi connectivity index (χ3n) is 2.31. The van der Waals surface area contributed by atoms with Crippen molar-refractivity contribution in [1.29, 1.82) is 0 Å². The molecule has 1 aromatic rings. The minimum absolute atomic E-state index is 0.307. The van der Waals surface area contributed by atoms with Crippen molar-refractivity contribution in [2.75, 3.05) is 24.2 Å². The Balaban J connectivity index is 2.20. The Bertz CT molecular complexity index is 341. The average molecular weight is 238 g/mol. The van der Waals surface area contributed by atoms with Crippen molar-refractivity contribution < 1.29 is 4.74 Å². The van der Waals surface area contributed by atoms with Gasteiger partial charge in [0.05, 0.1) is 6.10 Å². The Morgan fingerprint density at radius 1 is 1.41 bits per heavy atom. The molecular weight excluding hydrogens is 216 g/mol. The van der Waals surface area contributed by atoms with Crippen molar-refractivity contribution in [3.05, 3.63) is 11.8 Å². The molecule has 0 amide bonds. The zero-order chi connectivity index (χ0) is 12.7. The van der Waals surface area contributed by atoms with Gasteiger partial charge in [-0.1, -0.05) is 0 Å². The number of nitrogens with two attached hydrogens (primary N) is 1. The molecule has 0 aliphatic heterocycles. The van der Waals surface area contributed by atoms with E-state index in [-0.39, 0.29) is 0 Å². The Kier molecular flexibility index (Phi) is 5.69. The molecule has 0 bridgehead atoms. The fourth-order valence-corrected chi connectivity index (χ4v) is 1.39. The van der Waals surface area contributed by atoms with Gasteiger partial charge >= 0.3 is 0 Å². The molecule has 0 aromatic carbocycles. The fourth-order valence-electron chi connectivity index (χ4n) is 1.39. The quantitative estimate of drug-likeness (QED) is 0.711. The van der Waals surface area contributed by atoms with Gasteiger partial charge in [0.25, 0.3) is 0 Å². The van der Waals surface area contributed by atoms with Gasteiger partial charge in [-0.3, -0.25) is 0 Å². The summed E-state index contributed by atoms with van der Waals surface area (Å²) in [5.41, 5.74) is 6.54. The van der Waals surface area contributed by atoms with E-state index < -0.39 is 0 Å². The highest BCUT2D eigenvalue weighted by Crippen LogP contribution is 2.10. The maximum absolute atomic E-state index is 5.53. The smallest absolute Gasteiger partial charge is 0.221 e. The number of aromatic nitrogens is 2. The molecule has 0 radical (unpaired) electrons. The molecule has 0 unspecified atom stereocenters. The molecule has 1 heterocycles. The van der Waals surface area contributed by atoms with Crippen molar-refractivity contribution in [2.24, 2.45) is 0 Å². The second-order valence-electron chi connectivity index (χ2n) is 4.31. The number of aryl methyl sites for hydroxylation is 1. The van der Waals surface area contributed by atoms with Crippen LogP contribution in [0.4, 0.5) is 11.8 Å². The second-order valence-corrected chi connectivity index (χ2v) is 4.31. The number of anilines is 2. The van der Waals surface area contributed by atoms with Gasteiger partial charge in [-0.15, -0.1) is 0 Å². The highest BCUT2D eigenvalue weighted by Gasteiger charge is 2.00. The number of nitrogen functional groups attached to an aromatic ring is 1. The SMILES string of the molecule is Cc1cnc(N)nc1NCCCCOC(C)C. The molecule has 1 rings (SSSR count). The average Bonchev–Trinajstić information content (AvgIpc) is 2.27. The van der Waals surface area contributed by atoms with Crippen LogP contribution in [0.15, 0.2) is 6.20 Å². The topological polar surface area (TPSA) is 73.1 Å². The summed E-state index contributed by atoms with van der Waals surface area (Å²) in [4.78, 5) is 8.07. The van der Waals surface area contributed by atoms with Gasteiger partial charge in [0.2, 0.25) is 5.95 Å². The van der Waals surface area contributed by atoms with Gasteiger partial charge < -0.3 is 15.8 Å². The molecule has 0 saturated carbocycles. The van der Waals surface area contributed by atoms with E-state index in [9.17, 15) is 0 Å². The number of hydrogen-bond donors (Lipinski definition) is 2. The van der Waals surface area contributed by atoms with Gasteiger partial charge in [-0.2, -0.15) is 4.98 Å². The van der Waals surface area contributed by atoms with Crippen molar-refractivity contribution in [2.45, 2.75) is 39.7 Å². The molecule has 0 aliphatic carbocycles. The largest absolute Gasteiger partial charge is 0.379 e. The first kappa shape index (κ1) is 13.7. The number of rotatable bonds is 7. The van der Waals surface area contributed by atoms with E-state index in [4.69, 9.17) is 10.5 Å². The maximum atomic E-state index is 5.53. The number of nitrogens with zero attached hydrogens (tertiary/aromatic N) is 2. The fraction of sp³-hybridized carbons (Fsp3) is 0.667. The van der Waals surface area contributed by atoms with Crippen molar-refractivity contribution in [3.8, 4) is 0 Å². The molecule has 5 heteroatoms. The van der Waals surface area contributed by atoms with Crippen LogP contribution in [0.5, 0.6) is 0 Å². The van der Waals surface area contributed by atoms with Crippen LogP contribution in [0.25, 0.3) is 0 Å². The van der Waals surface area contributed by atoms with Gasteiger partial charge in [-0.25, -0.2) is 4.98 Å². The second kappa shape index (κ2) is 7.06. The minimum atomic E-state index is 0.307. The first-order valence-electron chi connectivity index (χ1n) is 6.04. The van der Waals surface area contributed by atoms with E-state index in [0.717, 1.165) is 37.4 Å². The zero-order valence-corrected chi connectivity index (χ0v) is 10.9. The van der Waals surface area contributed by atoms with Gasteiger partial charge in [0.1, 0.15) is 5.82 Å². The summed E-state index contributed by atoms with van der Waals surface area (Å²) < 4.78 is 5.46. The lowest BCUT2D eigenvalue weighted by Crippen LogP contribution is -2.09. The summed E-state index contributed by atoms with van der Waals surface area (Å²) in [7, 11) is 0. The zero-order valence-electron chi connectivity index (χ0n) is 10.9. The van der Waals surface area contributed by atoms with Crippen LogP contribution >= 0.6 is 0 Å². The normalized spacial score (nSPS) is 10.8. The molecule has 0 aliphatic rings. The summed E-state index contributed by atoms with van der Waals surface area (Å²) in [6.45, 7) is 7.74. The molecule has 0 atom stereocenters. The molecule has 5 nitrogen and oxygen atoms in total. The van der Waals surface area contributed by atoms with Gasteiger partial charge in [0, 0.05) is 24.9 Å². The minimum Gasteiger partial charge on any atom is -0.379 e. The molecular formula is C12H22N4O. The molecule has 0 saturated heterocycles. The van der Waals surface area contributed by atoms with E-state index in [1.54, 1.807) is 6.20 Å². The highest BCUT2D eigenvalue weighted by molar-refractivity contribution is 5.44. The van der Waals surface area contributed by atoms with Crippen LogP contribution < -0.4 is 11.1 Å². The van der Waals surface area contributed by atoms with Gasteiger partial charge in [-0.05, 0) is 33.6 Å². The monoisotopic (exact) mass is 238 g/mol. The highest BCUT2D eigenvalue weighted by atomic mass is 16.5. The molecule has 0 fully saturated rings. The number of unbranched alkanes of at least 4 members (excludes halogenated alkanes) is 1. The lowest BCUT2D eigenvalue weighted by Gasteiger charge is -2.09. The Hall–Kier alpha value is -1.36. The van der Waals surface area contributed by atoms with Crippen LogP contribution in [0.2, 0.25) is 0 Å². The third kappa shape index (κ3) is 5.49. The first-order valence-corrected chi connectivity index (χ1v) is 6.04. The lowest BCUT2D eigenvalue weighted by molar-refractivity contribution is 0.0765. The number of nitrogens with one attached hydrogen (secondary N) is 1.